The number of ether oxygens (including phenoxy) is 1. The summed E-state index contributed by atoms with van der Waals surface area (Å²) in [6.45, 7) is 0.278. The Morgan fingerprint density at radius 1 is 0.929 bits per heavy atom. The van der Waals surface area contributed by atoms with Gasteiger partial charge in [0, 0.05) is 29.8 Å². The van der Waals surface area contributed by atoms with Crippen LogP contribution in [0, 0.1) is 0 Å². The SMILES string of the molecule is O=C(O)c1ccc(Nc2ccncc2)cc1OCc1cccc2ccccc12. The summed E-state index contributed by atoms with van der Waals surface area (Å²) in [5.41, 5.74) is 2.73. The minimum absolute atomic E-state index is 0.125. The first-order chi connectivity index (χ1) is 13.7. The Bertz CT molecular complexity index is 1120. The van der Waals surface area contributed by atoms with Gasteiger partial charge in [-0.25, -0.2) is 4.79 Å². The van der Waals surface area contributed by atoms with Crippen molar-refractivity contribution in [3.8, 4) is 5.75 Å². The van der Waals surface area contributed by atoms with E-state index in [0.717, 1.165) is 27.7 Å². The molecule has 0 aliphatic heterocycles. The molecule has 0 saturated heterocycles. The first-order valence-corrected chi connectivity index (χ1v) is 8.84. The summed E-state index contributed by atoms with van der Waals surface area (Å²) >= 11 is 0. The molecule has 0 aliphatic carbocycles. The second kappa shape index (κ2) is 7.80. The monoisotopic (exact) mass is 370 g/mol. The predicted octanol–water partition coefficient (Wildman–Crippen LogP) is 5.26. The van der Waals surface area contributed by atoms with Crippen LogP contribution < -0.4 is 10.1 Å². The van der Waals surface area contributed by atoms with E-state index < -0.39 is 5.97 Å². The summed E-state index contributed by atoms with van der Waals surface area (Å²) in [5.74, 6) is -0.706. The van der Waals surface area contributed by atoms with Gasteiger partial charge in [0.25, 0.3) is 0 Å². The van der Waals surface area contributed by atoms with Crippen molar-refractivity contribution in [2.24, 2.45) is 0 Å². The molecule has 0 bridgehead atoms. The van der Waals surface area contributed by atoms with Crippen molar-refractivity contribution in [3.63, 3.8) is 0 Å². The Balaban J connectivity index is 1.61. The smallest absolute Gasteiger partial charge is 0.339 e. The van der Waals surface area contributed by atoms with Gasteiger partial charge >= 0.3 is 5.97 Å². The number of aromatic carboxylic acids is 1. The number of hydrogen-bond acceptors (Lipinski definition) is 4. The number of carboxylic acid groups (broad SMARTS) is 1. The molecule has 4 rings (SSSR count). The standard InChI is InChI=1S/C23H18N2O3/c26-23(27)21-9-8-19(25-18-10-12-24-13-11-18)14-22(21)28-15-17-6-3-5-16-4-1-2-7-20(16)17/h1-14H,15H2,(H,24,25)(H,26,27). The molecule has 2 N–H and O–H groups in total. The van der Waals surface area contributed by atoms with Crippen LogP contribution in [-0.4, -0.2) is 16.1 Å². The third-order valence-electron chi connectivity index (χ3n) is 4.44. The zero-order chi connectivity index (χ0) is 19.3. The largest absolute Gasteiger partial charge is 0.488 e. The third kappa shape index (κ3) is 3.78. The Kier molecular flexibility index (Phi) is 4.89. The minimum Gasteiger partial charge on any atom is -0.488 e. The number of carbonyl (C=O) groups is 1. The van der Waals surface area contributed by atoms with Crippen molar-refractivity contribution in [3.05, 3.63) is 96.3 Å². The summed E-state index contributed by atoms with van der Waals surface area (Å²) in [5, 5.41) is 14.9. The minimum atomic E-state index is -1.02. The van der Waals surface area contributed by atoms with E-state index in [9.17, 15) is 9.90 Å². The highest BCUT2D eigenvalue weighted by atomic mass is 16.5. The average molecular weight is 370 g/mol. The molecule has 138 valence electrons. The van der Waals surface area contributed by atoms with Crippen LogP contribution in [0.25, 0.3) is 10.8 Å². The quantitative estimate of drug-likeness (QED) is 0.485. The number of nitrogens with zero attached hydrogens (tertiary/aromatic N) is 1. The lowest BCUT2D eigenvalue weighted by Gasteiger charge is -2.13. The number of aromatic nitrogens is 1. The topological polar surface area (TPSA) is 71.5 Å². The number of anilines is 2. The van der Waals surface area contributed by atoms with Crippen LogP contribution in [0.2, 0.25) is 0 Å². The molecular weight excluding hydrogens is 352 g/mol. The number of fused-ring (bicyclic) bond motifs is 1. The van der Waals surface area contributed by atoms with E-state index in [4.69, 9.17) is 4.74 Å². The van der Waals surface area contributed by atoms with Crippen LogP contribution in [0.1, 0.15) is 15.9 Å². The van der Waals surface area contributed by atoms with Crippen molar-refractivity contribution in [2.75, 3.05) is 5.32 Å². The summed E-state index contributed by atoms with van der Waals surface area (Å²) in [4.78, 5) is 15.6. The average Bonchev–Trinajstić information content (AvgIpc) is 2.73. The number of pyridine rings is 1. The molecule has 5 nitrogen and oxygen atoms in total. The molecule has 0 fully saturated rings. The fourth-order valence-corrected chi connectivity index (χ4v) is 3.07. The molecule has 0 spiro atoms. The van der Waals surface area contributed by atoms with E-state index in [1.807, 2.05) is 54.6 Å². The van der Waals surface area contributed by atoms with Crippen molar-refractivity contribution in [1.82, 2.24) is 4.98 Å². The van der Waals surface area contributed by atoms with Crippen LogP contribution >= 0.6 is 0 Å². The zero-order valence-electron chi connectivity index (χ0n) is 15.0. The molecule has 4 aromatic rings. The van der Waals surface area contributed by atoms with Gasteiger partial charge < -0.3 is 15.2 Å². The van der Waals surface area contributed by atoms with E-state index in [1.165, 1.54) is 0 Å². The van der Waals surface area contributed by atoms with Gasteiger partial charge in [0.05, 0.1) is 0 Å². The Morgan fingerprint density at radius 2 is 1.71 bits per heavy atom. The number of rotatable bonds is 6. The predicted molar refractivity (Wildman–Crippen MR) is 109 cm³/mol. The summed E-state index contributed by atoms with van der Waals surface area (Å²) in [6.07, 6.45) is 3.37. The molecular formula is C23H18N2O3. The van der Waals surface area contributed by atoms with Crippen LogP contribution in [0.5, 0.6) is 5.75 Å². The van der Waals surface area contributed by atoms with Gasteiger partial charge in [-0.2, -0.15) is 0 Å². The number of hydrogen-bond donors (Lipinski definition) is 2. The van der Waals surface area contributed by atoms with Crippen LogP contribution in [-0.2, 0) is 6.61 Å². The van der Waals surface area contributed by atoms with Gasteiger partial charge in [-0.05, 0) is 40.6 Å². The second-order valence-electron chi connectivity index (χ2n) is 6.30. The Hall–Kier alpha value is -3.86. The zero-order valence-corrected chi connectivity index (χ0v) is 15.0. The van der Waals surface area contributed by atoms with Gasteiger partial charge in [-0.15, -0.1) is 0 Å². The number of carboxylic acids is 1. The highest BCUT2D eigenvalue weighted by Gasteiger charge is 2.13. The molecule has 0 unspecified atom stereocenters. The molecule has 0 radical (unpaired) electrons. The molecule has 28 heavy (non-hydrogen) atoms. The van der Waals surface area contributed by atoms with Crippen molar-refractivity contribution >= 4 is 28.1 Å². The first kappa shape index (κ1) is 17.5. The maximum absolute atomic E-state index is 11.6. The number of nitrogens with one attached hydrogen (secondary N) is 1. The fraction of sp³-hybridized carbons (Fsp3) is 0.0435. The Morgan fingerprint density at radius 3 is 2.54 bits per heavy atom. The van der Waals surface area contributed by atoms with Crippen LogP contribution in [0.15, 0.2) is 85.2 Å². The molecule has 5 heteroatoms. The third-order valence-corrected chi connectivity index (χ3v) is 4.44. The maximum Gasteiger partial charge on any atom is 0.339 e. The normalized spacial score (nSPS) is 10.6. The van der Waals surface area contributed by atoms with E-state index in [-0.39, 0.29) is 12.2 Å². The molecule has 1 aromatic heterocycles. The van der Waals surface area contributed by atoms with E-state index in [2.05, 4.69) is 10.3 Å². The highest BCUT2D eigenvalue weighted by molar-refractivity contribution is 5.92. The molecule has 1 heterocycles. The van der Waals surface area contributed by atoms with Crippen LogP contribution in [0.3, 0.4) is 0 Å². The highest BCUT2D eigenvalue weighted by Crippen LogP contribution is 2.28. The van der Waals surface area contributed by atoms with Gasteiger partial charge in [0.1, 0.15) is 17.9 Å². The van der Waals surface area contributed by atoms with Gasteiger partial charge in [0.2, 0.25) is 0 Å². The molecule has 3 aromatic carbocycles. The first-order valence-electron chi connectivity index (χ1n) is 8.84. The van der Waals surface area contributed by atoms with Gasteiger partial charge in [0.15, 0.2) is 0 Å². The molecule has 0 saturated carbocycles. The molecule has 0 aliphatic rings. The number of benzene rings is 3. The second-order valence-corrected chi connectivity index (χ2v) is 6.30. The lowest BCUT2D eigenvalue weighted by molar-refractivity contribution is 0.0692. The molecule has 0 amide bonds. The van der Waals surface area contributed by atoms with Crippen molar-refractivity contribution in [1.29, 1.82) is 0 Å². The van der Waals surface area contributed by atoms with Gasteiger partial charge in [-0.3, -0.25) is 4.98 Å². The molecule has 0 atom stereocenters. The summed E-state index contributed by atoms with van der Waals surface area (Å²) < 4.78 is 5.94. The van der Waals surface area contributed by atoms with E-state index >= 15 is 0 Å². The lowest BCUT2D eigenvalue weighted by Crippen LogP contribution is -2.04. The Labute approximate surface area is 162 Å². The van der Waals surface area contributed by atoms with Crippen molar-refractivity contribution < 1.29 is 14.6 Å². The van der Waals surface area contributed by atoms with E-state index in [1.54, 1.807) is 30.6 Å². The van der Waals surface area contributed by atoms with Gasteiger partial charge in [-0.1, -0.05) is 42.5 Å². The summed E-state index contributed by atoms with van der Waals surface area (Å²) in [6, 6.07) is 22.7. The summed E-state index contributed by atoms with van der Waals surface area (Å²) in [7, 11) is 0. The lowest BCUT2D eigenvalue weighted by atomic mass is 10.1. The van der Waals surface area contributed by atoms with Crippen LogP contribution in [0.4, 0.5) is 11.4 Å². The fourth-order valence-electron chi connectivity index (χ4n) is 3.07. The van der Waals surface area contributed by atoms with E-state index in [0.29, 0.717) is 5.75 Å². The van der Waals surface area contributed by atoms with Crippen molar-refractivity contribution in [2.45, 2.75) is 6.61 Å². The maximum atomic E-state index is 11.6.